The molecule has 3 rings (SSSR count). The highest BCUT2D eigenvalue weighted by atomic mass is 16.3. The smallest absolute Gasteiger partial charge is 0.0540 e. The predicted molar refractivity (Wildman–Crippen MR) is 100 cm³/mol. The number of nitrogens with zero attached hydrogens (tertiary/aromatic N) is 1. The lowest BCUT2D eigenvalue weighted by Gasteiger charge is -2.37. The van der Waals surface area contributed by atoms with Crippen molar-refractivity contribution < 1.29 is 5.11 Å². The lowest BCUT2D eigenvalue weighted by atomic mass is 9.75. The molecule has 1 aromatic rings. The molecule has 1 aliphatic heterocycles. The van der Waals surface area contributed by atoms with Crippen molar-refractivity contribution in [2.75, 3.05) is 32.7 Å². The van der Waals surface area contributed by atoms with Gasteiger partial charge in [0.05, 0.1) is 6.10 Å². The minimum absolute atomic E-state index is 0.0620. The van der Waals surface area contributed by atoms with Crippen LogP contribution >= 0.6 is 0 Å². The van der Waals surface area contributed by atoms with Gasteiger partial charge in [0, 0.05) is 32.7 Å². The average molecular weight is 331 g/mol. The number of aryl methyl sites for hydroxylation is 1. The van der Waals surface area contributed by atoms with Gasteiger partial charge in [-0.2, -0.15) is 0 Å². The molecule has 1 heterocycles. The van der Waals surface area contributed by atoms with Crippen molar-refractivity contribution in [2.24, 2.45) is 5.92 Å². The first-order chi connectivity index (χ1) is 11.8. The number of nitrogens with one attached hydrogen (secondary N) is 1. The van der Waals surface area contributed by atoms with Crippen LogP contribution < -0.4 is 5.32 Å². The second-order valence-corrected chi connectivity index (χ2v) is 7.72. The molecule has 0 aromatic heterocycles. The summed E-state index contributed by atoms with van der Waals surface area (Å²) in [6.07, 6.45) is 6.65. The van der Waals surface area contributed by atoms with Gasteiger partial charge in [-0.1, -0.05) is 37.6 Å². The van der Waals surface area contributed by atoms with Gasteiger partial charge in [-0.25, -0.2) is 0 Å². The van der Waals surface area contributed by atoms with Crippen LogP contribution in [0.15, 0.2) is 24.3 Å². The van der Waals surface area contributed by atoms with Crippen molar-refractivity contribution in [1.29, 1.82) is 0 Å². The molecule has 0 spiro atoms. The number of aliphatic hydroxyl groups excluding tert-OH is 1. The minimum Gasteiger partial charge on any atom is -0.393 e. The first-order valence-corrected chi connectivity index (χ1v) is 9.96. The normalized spacial score (nSPS) is 27.1. The maximum atomic E-state index is 9.88. The van der Waals surface area contributed by atoms with E-state index >= 15 is 0 Å². The monoisotopic (exact) mass is 330 g/mol. The van der Waals surface area contributed by atoms with Crippen LogP contribution in [0.1, 0.15) is 56.1 Å². The Bertz CT molecular complexity index is 473. The molecule has 2 aliphatic rings. The van der Waals surface area contributed by atoms with Crippen LogP contribution in [-0.4, -0.2) is 48.8 Å². The summed E-state index contributed by atoms with van der Waals surface area (Å²) < 4.78 is 0. The summed E-state index contributed by atoms with van der Waals surface area (Å²) in [5.74, 6) is 1.34. The zero-order chi connectivity index (χ0) is 16.8. The van der Waals surface area contributed by atoms with E-state index in [4.69, 9.17) is 0 Å². The number of piperazine rings is 1. The van der Waals surface area contributed by atoms with Crippen LogP contribution in [-0.2, 0) is 6.42 Å². The fraction of sp³-hybridized carbons (Fsp3) is 0.714. The molecule has 1 saturated heterocycles. The van der Waals surface area contributed by atoms with Gasteiger partial charge in [-0.05, 0) is 55.1 Å². The highest BCUT2D eigenvalue weighted by Gasteiger charge is 2.29. The standard InChI is InChI=1S/C21H34N2O/c1-2-3-17-4-6-18(7-5-17)21(16-23-14-12-22-13-15-23)19-8-10-20(24)11-9-19/h4-7,19-22,24H,2-3,8-16H2,1H3. The Labute approximate surface area is 147 Å². The van der Waals surface area contributed by atoms with Crippen LogP contribution in [0, 0.1) is 5.92 Å². The van der Waals surface area contributed by atoms with Gasteiger partial charge in [0.25, 0.3) is 0 Å². The third-order valence-corrected chi connectivity index (χ3v) is 5.92. The lowest BCUT2D eigenvalue weighted by molar-refractivity contribution is 0.0932. The highest BCUT2D eigenvalue weighted by molar-refractivity contribution is 5.26. The molecule has 1 atom stereocenters. The number of hydrogen-bond donors (Lipinski definition) is 2. The maximum Gasteiger partial charge on any atom is 0.0540 e. The van der Waals surface area contributed by atoms with Gasteiger partial charge in [-0.15, -0.1) is 0 Å². The lowest BCUT2D eigenvalue weighted by Crippen LogP contribution is -2.46. The Morgan fingerprint density at radius 1 is 1.08 bits per heavy atom. The van der Waals surface area contributed by atoms with E-state index < -0.39 is 0 Å². The van der Waals surface area contributed by atoms with E-state index in [9.17, 15) is 5.11 Å². The Balaban J connectivity index is 1.72. The largest absolute Gasteiger partial charge is 0.393 e. The summed E-state index contributed by atoms with van der Waals surface area (Å²) in [5.41, 5.74) is 2.97. The zero-order valence-electron chi connectivity index (χ0n) is 15.2. The van der Waals surface area contributed by atoms with E-state index in [1.165, 1.54) is 56.4 Å². The fourth-order valence-corrected chi connectivity index (χ4v) is 4.42. The van der Waals surface area contributed by atoms with Gasteiger partial charge in [0.15, 0.2) is 0 Å². The highest BCUT2D eigenvalue weighted by Crippen LogP contribution is 2.37. The number of rotatable bonds is 6. The molecule has 0 amide bonds. The van der Waals surface area contributed by atoms with Crippen molar-refractivity contribution in [3.05, 3.63) is 35.4 Å². The van der Waals surface area contributed by atoms with Gasteiger partial charge >= 0.3 is 0 Å². The van der Waals surface area contributed by atoms with Gasteiger partial charge in [0.1, 0.15) is 0 Å². The SMILES string of the molecule is CCCc1ccc(C(CN2CCNCC2)C2CCC(O)CC2)cc1. The molecule has 134 valence electrons. The van der Waals surface area contributed by atoms with Crippen molar-refractivity contribution in [3.8, 4) is 0 Å². The molecule has 2 fully saturated rings. The van der Waals surface area contributed by atoms with E-state index in [0.29, 0.717) is 5.92 Å². The van der Waals surface area contributed by atoms with E-state index in [2.05, 4.69) is 41.4 Å². The van der Waals surface area contributed by atoms with Crippen molar-refractivity contribution in [1.82, 2.24) is 10.2 Å². The second kappa shape index (κ2) is 8.98. The molecular formula is C21H34N2O. The number of benzene rings is 1. The average Bonchev–Trinajstić information content (AvgIpc) is 2.63. The quantitative estimate of drug-likeness (QED) is 0.841. The van der Waals surface area contributed by atoms with E-state index in [1.807, 2.05) is 0 Å². The predicted octanol–water partition coefficient (Wildman–Crippen LogP) is 3.18. The topological polar surface area (TPSA) is 35.5 Å². The van der Waals surface area contributed by atoms with E-state index in [0.717, 1.165) is 31.8 Å². The summed E-state index contributed by atoms with van der Waals surface area (Å²) in [7, 11) is 0. The van der Waals surface area contributed by atoms with Gasteiger partial charge < -0.3 is 15.3 Å². The number of hydrogen-bond acceptors (Lipinski definition) is 3. The van der Waals surface area contributed by atoms with Crippen LogP contribution in [0.4, 0.5) is 0 Å². The van der Waals surface area contributed by atoms with Crippen molar-refractivity contribution in [2.45, 2.75) is 57.5 Å². The molecule has 1 unspecified atom stereocenters. The van der Waals surface area contributed by atoms with Gasteiger partial charge in [0.2, 0.25) is 0 Å². The van der Waals surface area contributed by atoms with Gasteiger partial charge in [-0.3, -0.25) is 0 Å². The van der Waals surface area contributed by atoms with Crippen LogP contribution in [0.5, 0.6) is 0 Å². The van der Waals surface area contributed by atoms with Crippen molar-refractivity contribution >= 4 is 0 Å². The molecule has 2 N–H and O–H groups in total. The third-order valence-electron chi connectivity index (χ3n) is 5.92. The van der Waals surface area contributed by atoms with Crippen molar-refractivity contribution in [3.63, 3.8) is 0 Å². The van der Waals surface area contributed by atoms with Crippen LogP contribution in [0.25, 0.3) is 0 Å². The minimum atomic E-state index is -0.0620. The fourth-order valence-electron chi connectivity index (χ4n) is 4.42. The molecule has 0 radical (unpaired) electrons. The summed E-state index contributed by atoms with van der Waals surface area (Å²) in [4.78, 5) is 2.63. The molecule has 3 heteroatoms. The summed E-state index contributed by atoms with van der Waals surface area (Å²) in [6.45, 7) is 7.99. The molecule has 1 saturated carbocycles. The number of aliphatic hydroxyl groups is 1. The Hall–Kier alpha value is -0.900. The first-order valence-electron chi connectivity index (χ1n) is 9.96. The second-order valence-electron chi connectivity index (χ2n) is 7.72. The molecule has 1 aromatic carbocycles. The molecular weight excluding hydrogens is 296 g/mol. The zero-order valence-corrected chi connectivity index (χ0v) is 15.2. The van der Waals surface area contributed by atoms with Crippen LogP contribution in [0.2, 0.25) is 0 Å². The van der Waals surface area contributed by atoms with E-state index in [-0.39, 0.29) is 6.10 Å². The molecule has 0 bridgehead atoms. The molecule has 24 heavy (non-hydrogen) atoms. The summed E-state index contributed by atoms with van der Waals surface area (Å²) in [5, 5.41) is 13.3. The summed E-state index contributed by atoms with van der Waals surface area (Å²) in [6, 6.07) is 9.42. The first kappa shape index (κ1) is 17.9. The Kier molecular flexibility index (Phi) is 6.70. The Morgan fingerprint density at radius 2 is 1.75 bits per heavy atom. The Morgan fingerprint density at radius 3 is 2.38 bits per heavy atom. The summed E-state index contributed by atoms with van der Waals surface area (Å²) >= 11 is 0. The third kappa shape index (κ3) is 4.81. The molecule has 3 nitrogen and oxygen atoms in total. The maximum absolute atomic E-state index is 9.88. The molecule has 1 aliphatic carbocycles. The van der Waals surface area contributed by atoms with E-state index in [1.54, 1.807) is 0 Å². The van der Waals surface area contributed by atoms with Crippen LogP contribution in [0.3, 0.4) is 0 Å².